The largest absolute Gasteiger partial charge is 0.503 e. The SMILES string of the molecule is Cn1nncc1-c1ccc(S(=O)(=O)N[C@H]2C[C@]2(C)c2ccccc2)s1.O=C(O)O. The van der Waals surface area contributed by atoms with Crippen LogP contribution in [0.1, 0.15) is 18.9 Å². The molecule has 1 aliphatic rings. The van der Waals surface area contributed by atoms with Gasteiger partial charge < -0.3 is 10.2 Å². The predicted molar refractivity (Wildman–Crippen MR) is 107 cm³/mol. The summed E-state index contributed by atoms with van der Waals surface area (Å²) in [5.41, 5.74) is 1.82. The number of rotatable bonds is 5. The Bertz CT molecular complexity index is 1110. The first kappa shape index (κ1) is 21.0. The van der Waals surface area contributed by atoms with Crippen molar-refractivity contribution in [1.82, 2.24) is 19.7 Å². The molecule has 9 nitrogen and oxygen atoms in total. The Kier molecular flexibility index (Phi) is 5.73. The summed E-state index contributed by atoms with van der Waals surface area (Å²) in [7, 11) is -1.76. The summed E-state index contributed by atoms with van der Waals surface area (Å²) < 4.78 is 30.3. The summed E-state index contributed by atoms with van der Waals surface area (Å²) in [5.74, 6) is 0. The molecule has 4 rings (SSSR count). The van der Waals surface area contributed by atoms with Gasteiger partial charge in [0.05, 0.1) is 16.8 Å². The van der Waals surface area contributed by atoms with Gasteiger partial charge in [-0.05, 0) is 24.1 Å². The highest BCUT2D eigenvalue weighted by atomic mass is 32.2. The highest BCUT2D eigenvalue weighted by molar-refractivity contribution is 7.91. The minimum atomic E-state index is -3.54. The second kappa shape index (κ2) is 7.93. The smallest absolute Gasteiger partial charge is 0.450 e. The third kappa shape index (κ3) is 4.63. The third-order valence-corrected chi connectivity index (χ3v) is 7.85. The molecular formula is C18H20N4O5S2. The van der Waals surface area contributed by atoms with Crippen LogP contribution >= 0.6 is 11.3 Å². The summed E-state index contributed by atoms with van der Waals surface area (Å²) in [6, 6.07) is 13.4. The highest BCUT2D eigenvalue weighted by Crippen LogP contribution is 2.48. The lowest BCUT2D eigenvalue weighted by Crippen LogP contribution is -2.29. The highest BCUT2D eigenvalue weighted by Gasteiger charge is 2.53. The van der Waals surface area contributed by atoms with Gasteiger partial charge in [-0.15, -0.1) is 16.4 Å². The number of hydrogen-bond acceptors (Lipinski definition) is 6. The maximum Gasteiger partial charge on any atom is 0.503 e. The first-order valence-electron chi connectivity index (χ1n) is 8.58. The zero-order valence-corrected chi connectivity index (χ0v) is 17.3. The van der Waals surface area contributed by atoms with Crippen molar-refractivity contribution in [3.63, 3.8) is 0 Å². The Hall–Kier alpha value is -2.76. The van der Waals surface area contributed by atoms with E-state index in [-0.39, 0.29) is 11.5 Å². The Morgan fingerprint density at radius 1 is 1.24 bits per heavy atom. The second-order valence-corrected chi connectivity index (χ2v) is 9.83. The molecule has 0 amide bonds. The van der Waals surface area contributed by atoms with Crippen molar-refractivity contribution < 1.29 is 23.4 Å². The van der Waals surface area contributed by atoms with E-state index in [0.717, 1.165) is 22.6 Å². The molecule has 2 heterocycles. The second-order valence-electron chi connectivity index (χ2n) is 6.81. The fourth-order valence-corrected chi connectivity index (χ4v) is 5.75. The van der Waals surface area contributed by atoms with Crippen LogP contribution in [0.4, 0.5) is 4.79 Å². The number of thiophene rings is 1. The van der Waals surface area contributed by atoms with Crippen molar-refractivity contribution in [2.45, 2.75) is 29.0 Å². The lowest BCUT2D eigenvalue weighted by Gasteiger charge is -2.12. The van der Waals surface area contributed by atoms with Gasteiger partial charge in [-0.3, -0.25) is 0 Å². The number of nitrogens with one attached hydrogen (secondary N) is 1. The number of hydrogen-bond donors (Lipinski definition) is 3. The fourth-order valence-electron chi connectivity index (χ4n) is 3.04. The lowest BCUT2D eigenvalue weighted by molar-refractivity contribution is 0.137. The van der Waals surface area contributed by atoms with Gasteiger partial charge in [-0.25, -0.2) is 22.6 Å². The van der Waals surface area contributed by atoms with Crippen LogP contribution in [0.2, 0.25) is 0 Å². The van der Waals surface area contributed by atoms with Crippen molar-refractivity contribution in [2.24, 2.45) is 7.05 Å². The van der Waals surface area contributed by atoms with Crippen LogP contribution in [0.25, 0.3) is 10.6 Å². The number of aromatic nitrogens is 3. The zero-order chi connectivity index (χ0) is 21.2. The molecule has 1 aliphatic carbocycles. The van der Waals surface area contributed by atoms with Gasteiger partial charge in [0.1, 0.15) is 4.21 Å². The van der Waals surface area contributed by atoms with Gasteiger partial charge in [0.2, 0.25) is 10.0 Å². The van der Waals surface area contributed by atoms with Gasteiger partial charge in [0.15, 0.2) is 0 Å². The molecule has 0 unspecified atom stereocenters. The Morgan fingerprint density at radius 2 is 1.90 bits per heavy atom. The predicted octanol–water partition coefficient (Wildman–Crippen LogP) is 2.77. The maximum absolute atomic E-state index is 12.7. The zero-order valence-electron chi connectivity index (χ0n) is 15.7. The molecule has 1 fully saturated rings. The summed E-state index contributed by atoms with van der Waals surface area (Å²) in [4.78, 5) is 9.38. The number of aryl methyl sites for hydroxylation is 1. The fraction of sp³-hybridized carbons (Fsp3) is 0.278. The van der Waals surface area contributed by atoms with Crippen LogP contribution in [0.5, 0.6) is 0 Å². The molecule has 1 saturated carbocycles. The van der Waals surface area contributed by atoms with Crippen LogP contribution in [-0.4, -0.2) is 45.8 Å². The van der Waals surface area contributed by atoms with E-state index in [1.165, 1.54) is 11.3 Å². The summed E-state index contributed by atoms with van der Waals surface area (Å²) >= 11 is 1.23. The van der Waals surface area contributed by atoms with E-state index < -0.39 is 16.2 Å². The first-order chi connectivity index (χ1) is 13.6. The molecule has 0 aliphatic heterocycles. The minimum Gasteiger partial charge on any atom is -0.450 e. The van der Waals surface area contributed by atoms with Crippen molar-refractivity contribution >= 4 is 27.5 Å². The van der Waals surface area contributed by atoms with Crippen molar-refractivity contribution in [3.8, 4) is 10.6 Å². The van der Waals surface area contributed by atoms with Crippen LogP contribution in [0, 0.1) is 0 Å². The number of benzene rings is 1. The molecule has 0 bridgehead atoms. The van der Waals surface area contributed by atoms with E-state index in [1.54, 1.807) is 30.1 Å². The molecule has 154 valence electrons. The number of carboxylic acid groups (broad SMARTS) is 2. The summed E-state index contributed by atoms with van der Waals surface area (Å²) in [6.45, 7) is 2.09. The molecule has 1 aromatic carbocycles. The van der Waals surface area contributed by atoms with Gasteiger partial charge in [-0.1, -0.05) is 42.5 Å². The van der Waals surface area contributed by atoms with Crippen molar-refractivity contribution in [1.29, 1.82) is 0 Å². The van der Waals surface area contributed by atoms with Gasteiger partial charge in [0, 0.05) is 18.5 Å². The van der Waals surface area contributed by atoms with E-state index in [2.05, 4.69) is 22.0 Å². The standard InChI is InChI=1S/C17H18N4O2S2.CH2O3/c1-17(12-6-4-3-5-7-12)10-15(17)19-25(22,23)16-9-8-14(24-16)13-11-18-20-21(13)2;2-1(3)4/h3-9,11,15,19H,10H2,1-2H3;(H2,2,3,4)/t15-,17+;/m0./s1. The van der Waals surface area contributed by atoms with E-state index in [4.69, 9.17) is 15.0 Å². The minimum absolute atomic E-state index is 0.0798. The quantitative estimate of drug-likeness (QED) is 0.560. The molecule has 29 heavy (non-hydrogen) atoms. The topological polar surface area (TPSA) is 134 Å². The Balaban J connectivity index is 0.000000552. The van der Waals surface area contributed by atoms with Crippen LogP contribution in [0.15, 0.2) is 52.9 Å². The van der Waals surface area contributed by atoms with Crippen LogP contribution in [0.3, 0.4) is 0 Å². The van der Waals surface area contributed by atoms with Crippen molar-refractivity contribution in [2.75, 3.05) is 0 Å². The molecule has 2 aromatic heterocycles. The maximum atomic E-state index is 12.7. The lowest BCUT2D eigenvalue weighted by atomic mass is 9.98. The molecule has 2 atom stereocenters. The molecular weight excluding hydrogens is 416 g/mol. The average molecular weight is 437 g/mol. The molecule has 0 radical (unpaired) electrons. The summed E-state index contributed by atoms with van der Waals surface area (Å²) in [5, 5.41) is 21.7. The average Bonchev–Trinajstić information content (AvgIpc) is 3.04. The summed E-state index contributed by atoms with van der Waals surface area (Å²) in [6.07, 6.45) is 0.600. The van der Waals surface area contributed by atoms with E-state index >= 15 is 0 Å². The first-order valence-corrected chi connectivity index (χ1v) is 10.9. The molecule has 0 spiro atoms. The molecule has 3 N–H and O–H groups in total. The molecule has 0 saturated heterocycles. The van der Waals surface area contributed by atoms with Gasteiger partial charge >= 0.3 is 6.16 Å². The normalized spacial score (nSPS) is 20.6. The van der Waals surface area contributed by atoms with Crippen LogP contribution in [-0.2, 0) is 22.5 Å². The van der Waals surface area contributed by atoms with E-state index in [1.807, 2.05) is 30.3 Å². The van der Waals surface area contributed by atoms with E-state index in [9.17, 15) is 8.42 Å². The third-order valence-electron chi connectivity index (χ3n) is 4.78. The van der Waals surface area contributed by atoms with Crippen molar-refractivity contribution in [3.05, 3.63) is 54.2 Å². The molecule has 11 heteroatoms. The number of carbonyl (C=O) groups is 1. The van der Waals surface area contributed by atoms with E-state index in [0.29, 0.717) is 4.21 Å². The Morgan fingerprint density at radius 3 is 2.48 bits per heavy atom. The Labute approximate surface area is 171 Å². The van der Waals surface area contributed by atoms with Gasteiger partial charge in [0.25, 0.3) is 0 Å². The van der Waals surface area contributed by atoms with Gasteiger partial charge in [-0.2, -0.15) is 0 Å². The molecule has 3 aromatic rings. The number of sulfonamides is 1. The monoisotopic (exact) mass is 436 g/mol. The van der Waals surface area contributed by atoms with Crippen LogP contribution < -0.4 is 4.72 Å². The number of nitrogens with zero attached hydrogens (tertiary/aromatic N) is 3.